The summed E-state index contributed by atoms with van der Waals surface area (Å²) >= 11 is 0. The van der Waals surface area contributed by atoms with Gasteiger partial charge in [-0.25, -0.2) is 8.42 Å². The van der Waals surface area contributed by atoms with Crippen LogP contribution in [-0.4, -0.2) is 20.6 Å². The molecule has 34 heavy (non-hydrogen) atoms. The van der Waals surface area contributed by atoms with Crippen LogP contribution in [0, 0.1) is 0 Å². The molecule has 0 aliphatic rings. The Morgan fingerprint density at radius 1 is 0.735 bits per heavy atom. The van der Waals surface area contributed by atoms with Crippen LogP contribution in [0.1, 0.15) is 33.1 Å². The first-order valence-corrected chi connectivity index (χ1v) is 12.8. The van der Waals surface area contributed by atoms with Gasteiger partial charge >= 0.3 is 0 Å². The second-order valence-electron chi connectivity index (χ2n) is 8.00. The smallest absolute Gasteiger partial charge is 0.254 e. The maximum Gasteiger partial charge on any atom is 0.254 e. The summed E-state index contributed by atoms with van der Waals surface area (Å²) < 4.78 is 26.8. The molecule has 0 saturated carbocycles. The van der Waals surface area contributed by atoms with Crippen LogP contribution in [0.25, 0.3) is 0 Å². The highest BCUT2D eigenvalue weighted by molar-refractivity contribution is 7.92. The third-order valence-electron chi connectivity index (χ3n) is 5.53. The fourth-order valence-electron chi connectivity index (χ4n) is 3.87. The molecule has 0 spiro atoms. The number of sulfonamides is 1. The molecule has 0 heterocycles. The van der Waals surface area contributed by atoms with Crippen LogP contribution in [-0.2, 0) is 16.6 Å². The van der Waals surface area contributed by atoms with Gasteiger partial charge in [0.05, 0.1) is 30.1 Å². The van der Waals surface area contributed by atoms with Crippen LogP contribution in [0.15, 0.2) is 115 Å². The second kappa shape index (κ2) is 10.4. The topological polar surface area (TPSA) is 66.5 Å². The van der Waals surface area contributed by atoms with Crippen LogP contribution in [0.4, 0.5) is 5.69 Å². The molecule has 0 aliphatic heterocycles. The number of rotatable bonds is 8. The molecule has 0 fully saturated rings. The van der Waals surface area contributed by atoms with Crippen LogP contribution in [0.5, 0.6) is 0 Å². The van der Waals surface area contributed by atoms with Gasteiger partial charge < -0.3 is 5.32 Å². The summed E-state index contributed by atoms with van der Waals surface area (Å²) in [7, 11) is -3.65. The second-order valence-corrected chi connectivity index (χ2v) is 9.91. The number of carbonyl (C=O) groups is 1. The van der Waals surface area contributed by atoms with Gasteiger partial charge in [0.1, 0.15) is 0 Å². The van der Waals surface area contributed by atoms with Crippen LogP contribution in [0.2, 0.25) is 0 Å². The number of nitrogens with zero attached hydrogens (tertiary/aromatic N) is 1. The van der Waals surface area contributed by atoms with Gasteiger partial charge in [-0.1, -0.05) is 103 Å². The summed E-state index contributed by atoms with van der Waals surface area (Å²) in [6.45, 7) is 0.130. The number of hydrogen-bond donors (Lipinski definition) is 1. The molecular formula is C28H26N2O3S. The van der Waals surface area contributed by atoms with E-state index in [-0.39, 0.29) is 18.5 Å². The molecule has 0 radical (unpaired) electrons. The van der Waals surface area contributed by atoms with Crippen molar-refractivity contribution in [3.63, 3.8) is 0 Å². The molecule has 1 amide bonds. The maximum atomic E-state index is 13.6. The minimum atomic E-state index is -3.65. The first-order valence-electron chi connectivity index (χ1n) is 10.9. The van der Waals surface area contributed by atoms with Crippen molar-refractivity contribution >= 4 is 21.6 Å². The monoisotopic (exact) mass is 470 g/mol. The normalized spacial score (nSPS) is 11.2. The van der Waals surface area contributed by atoms with E-state index in [2.05, 4.69) is 5.32 Å². The summed E-state index contributed by atoms with van der Waals surface area (Å²) in [6.07, 6.45) is 1.15. The molecular weight excluding hydrogens is 444 g/mol. The highest BCUT2D eigenvalue weighted by Crippen LogP contribution is 2.27. The maximum absolute atomic E-state index is 13.6. The Kier molecular flexibility index (Phi) is 7.09. The van der Waals surface area contributed by atoms with Crippen LogP contribution in [0.3, 0.4) is 0 Å². The molecule has 5 nitrogen and oxygen atoms in total. The fraction of sp³-hybridized carbons (Fsp3) is 0.107. The van der Waals surface area contributed by atoms with Gasteiger partial charge in [-0.2, -0.15) is 0 Å². The van der Waals surface area contributed by atoms with Crippen molar-refractivity contribution in [3.8, 4) is 0 Å². The molecule has 4 aromatic carbocycles. The van der Waals surface area contributed by atoms with Crippen molar-refractivity contribution in [2.45, 2.75) is 12.6 Å². The molecule has 4 aromatic rings. The summed E-state index contributed by atoms with van der Waals surface area (Å²) in [5.74, 6) is -0.352. The zero-order chi connectivity index (χ0) is 24.0. The molecule has 6 heteroatoms. The zero-order valence-electron chi connectivity index (χ0n) is 18.8. The van der Waals surface area contributed by atoms with E-state index in [9.17, 15) is 13.2 Å². The van der Waals surface area contributed by atoms with Crippen molar-refractivity contribution < 1.29 is 13.2 Å². The largest absolute Gasteiger partial charge is 0.341 e. The number of carbonyl (C=O) groups excluding carboxylic acids is 1. The molecule has 1 N–H and O–H groups in total. The van der Waals surface area contributed by atoms with Crippen LogP contribution < -0.4 is 9.62 Å². The first-order chi connectivity index (χ1) is 16.4. The van der Waals surface area contributed by atoms with E-state index in [0.29, 0.717) is 11.3 Å². The van der Waals surface area contributed by atoms with E-state index >= 15 is 0 Å². The number of para-hydroxylation sites is 1. The highest BCUT2D eigenvalue weighted by Gasteiger charge is 2.25. The lowest BCUT2D eigenvalue weighted by Gasteiger charge is -2.26. The molecule has 0 saturated heterocycles. The van der Waals surface area contributed by atoms with E-state index in [1.165, 1.54) is 4.31 Å². The van der Waals surface area contributed by atoms with Gasteiger partial charge in [-0.3, -0.25) is 9.10 Å². The van der Waals surface area contributed by atoms with E-state index in [1.807, 2.05) is 91.0 Å². The molecule has 172 valence electrons. The summed E-state index contributed by atoms with van der Waals surface area (Å²) in [6, 6.07) is 35.1. The summed E-state index contributed by atoms with van der Waals surface area (Å²) in [5, 5.41) is 3.12. The van der Waals surface area contributed by atoms with Crippen molar-refractivity contribution in [1.29, 1.82) is 0 Å². The van der Waals surface area contributed by atoms with Crippen molar-refractivity contribution in [3.05, 3.63) is 138 Å². The van der Waals surface area contributed by atoms with Crippen LogP contribution >= 0.6 is 0 Å². The van der Waals surface area contributed by atoms with Crippen molar-refractivity contribution in [1.82, 2.24) is 5.32 Å². The SMILES string of the molecule is CS(=O)(=O)N(Cc1ccccc1)c1ccccc1C(=O)NC(c1ccccc1)c1ccccc1. The standard InChI is InChI=1S/C28H26N2O3S/c1-34(32,33)30(21-22-13-5-2-6-14-22)26-20-12-11-19-25(26)28(31)29-27(23-15-7-3-8-16-23)24-17-9-4-10-18-24/h2-20,27H,21H2,1H3,(H,29,31). The average Bonchev–Trinajstić information content (AvgIpc) is 2.87. The lowest BCUT2D eigenvalue weighted by Crippen LogP contribution is -2.34. The molecule has 4 rings (SSSR count). The Hall–Kier alpha value is -3.90. The number of nitrogens with one attached hydrogen (secondary N) is 1. The zero-order valence-corrected chi connectivity index (χ0v) is 19.7. The van der Waals surface area contributed by atoms with Gasteiger partial charge in [-0.15, -0.1) is 0 Å². The lowest BCUT2D eigenvalue weighted by atomic mass is 9.98. The van der Waals surface area contributed by atoms with Gasteiger partial charge in [0.25, 0.3) is 5.91 Å². The van der Waals surface area contributed by atoms with Gasteiger partial charge in [0, 0.05) is 0 Å². The van der Waals surface area contributed by atoms with Gasteiger partial charge in [0.2, 0.25) is 10.0 Å². The Labute approximate surface area is 200 Å². The summed E-state index contributed by atoms with van der Waals surface area (Å²) in [5.41, 5.74) is 3.33. The van der Waals surface area contributed by atoms with Crippen molar-refractivity contribution in [2.75, 3.05) is 10.6 Å². The highest BCUT2D eigenvalue weighted by atomic mass is 32.2. The Balaban J connectivity index is 1.71. The molecule has 0 bridgehead atoms. The number of amides is 1. The Bertz CT molecular complexity index is 1300. The van der Waals surface area contributed by atoms with E-state index < -0.39 is 10.0 Å². The Morgan fingerprint density at radius 2 is 1.21 bits per heavy atom. The number of benzene rings is 4. The lowest BCUT2D eigenvalue weighted by molar-refractivity contribution is 0.0943. The fourth-order valence-corrected chi connectivity index (χ4v) is 4.77. The predicted octanol–water partition coefficient (Wildman–Crippen LogP) is 5.17. The van der Waals surface area contributed by atoms with E-state index in [0.717, 1.165) is 22.9 Å². The minimum absolute atomic E-state index is 0.130. The van der Waals surface area contributed by atoms with Gasteiger partial charge in [0.15, 0.2) is 0 Å². The number of anilines is 1. The predicted molar refractivity (Wildman–Crippen MR) is 136 cm³/mol. The van der Waals surface area contributed by atoms with E-state index in [1.54, 1.807) is 24.3 Å². The minimum Gasteiger partial charge on any atom is -0.341 e. The van der Waals surface area contributed by atoms with Gasteiger partial charge in [-0.05, 0) is 28.8 Å². The molecule has 0 atom stereocenters. The number of hydrogen-bond acceptors (Lipinski definition) is 3. The molecule has 0 aromatic heterocycles. The third-order valence-corrected chi connectivity index (χ3v) is 6.65. The quantitative estimate of drug-likeness (QED) is 0.386. The summed E-state index contributed by atoms with van der Waals surface area (Å²) in [4.78, 5) is 13.6. The average molecular weight is 471 g/mol. The van der Waals surface area contributed by atoms with Crippen molar-refractivity contribution in [2.24, 2.45) is 0 Å². The Morgan fingerprint density at radius 3 is 1.74 bits per heavy atom. The first kappa shape index (κ1) is 23.3. The molecule has 0 aliphatic carbocycles. The molecule has 0 unspecified atom stereocenters. The third kappa shape index (κ3) is 5.53. The van der Waals surface area contributed by atoms with E-state index in [4.69, 9.17) is 0 Å².